The first-order valence-electron chi connectivity index (χ1n) is 13.7. The van der Waals surface area contributed by atoms with Crippen LogP contribution < -0.4 is 26.2 Å². The van der Waals surface area contributed by atoms with Gasteiger partial charge in [0.1, 0.15) is 21.6 Å². The van der Waals surface area contributed by atoms with E-state index < -0.39 is 27.9 Å². The van der Waals surface area contributed by atoms with Crippen molar-refractivity contribution in [3.63, 3.8) is 0 Å². The Morgan fingerprint density at radius 1 is 1.16 bits per heavy atom. The molecule has 0 bridgehead atoms. The van der Waals surface area contributed by atoms with Crippen LogP contribution >= 0.6 is 11.3 Å². The number of thiophene rings is 1. The fraction of sp³-hybridized carbons (Fsp3) is 0.241. The molecule has 0 fully saturated rings. The average Bonchev–Trinajstić information content (AvgIpc) is 3.76. The minimum Gasteiger partial charge on any atom is -0.492 e. The number of hydrogen-bond donors (Lipinski definition) is 6. The number of aromatic amines is 1. The van der Waals surface area contributed by atoms with E-state index >= 15 is 0 Å². The van der Waals surface area contributed by atoms with Gasteiger partial charge in [0, 0.05) is 31.3 Å². The molecular weight excluding hydrogens is 606 g/mol. The van der Waals surface area contributed by atoms with Crippen LogP contribution in [0.5, 0.6) is 5.75 Å². The second kappa shape index (κ2) is 13.2. The van der Waals surface area contributed by atoms with E-state index in [0.717, 1.165) is 33.7 Å². The van der Waals surface area contributed by atoms with Gasteiger partial charge in [-0.3, -0.25) is 19.6 Å². The van der Waals surface area contributed by atoms with Gasteiger partial charge in [-0.25, -0.2) is 13.2 Å². The van der Waals surface area contributed by atoms with Crippen molar-refractivity contribution in [3.8, 4) is 16.9 Å². The molecule has 0 saturated carbocycles. The summed E-state index contributed by atoms with van der Waals surface area (Å²) in [6.45, 7) is 0.541. The number of aliphatic imine (C=N–C) groups is 1. The van der Waals surface area contributed by atoms with Crippen LogP contribution in [0.4, 0.5) is 5.69 Å². The molecule has 3 heterocycles. The Kier molecular flexibility index (Phi) is 9.15. The number of carbonyl (C=O) groups excluding carboxylic acids is 1. The van der Waals surface area contributed by atoms with Gasteiger partial charge < -0.3 is 26.6 Å². The third-order valence-corrected chi connectivity index (χ3v) is 9.20. The summed E-state index contributed by atoms with van der Waals surface area (Å²) in [5, 5.41) is 20.5. The molecule has 0 aliphatic carbocycles. The predicted molar refractivity (Wildman–Crippen MR) is 166 cm³/mol. The normalized spacial score (nSPS) is 13.0. The van der Waals surface area contributed by atoms with Gasteiger partial charge in [0.25, 0.3) is 15.9 Å². The maximum absolute atomic E-state index is 13.8. The Bertz CT molecular complexity index is 1800. The van der Waals surface area contributed by atoms with E-state index in [4.69, 9.17) is 16.2 Å². The van der Waals surface area contributed by atoms with E-state index in [2.05, 4.69) is 25.2 Å². The fourth-order valence-corrected chi connectivity index (χ4v) is 6.96. The van der Waals surface area contributed by atoms with Gasteiger partial charge in [-0.1, -0.05) is 24.3 Å². The highest BCUT2D eigenvalue weighted by molar-refractivity contribution is 7.92. The second-order valence-corrected chi connectivity index (χ2v) is 12.7. The van der Waals surface area contributed by atoms with Crippen molar-refractivity contribution in [2.45, 2.75) is 36.6 Å². The molecule has 0 unspecified atom stereocenters. The molecule has 0 saturated heterocycles. The number of anilines is 1. The molecule has 8 N–H and O–H groups in total. The smallest absolute Gasteiger partial charge is 0.326 e. The third kappa shape index (κ3) is 7.18. The zero-order chi connectivity index (χ0) is 31.3. The summed E-state index contributed by atoms with van der Waals surface area (Å²) in [5.74, 6) is -1.81. The molecule has 1 aliphatic rings. The molecule has 1 atom stereocenters. The summed E-state index contributed by atoms with van der Waals surface area (Å²) in [7, 11) is -4.23. The highest BCUT2D eigenvalue weighted by Crippen LogP contribution is 2.39. The molecule has 1 amide bonds. The van der Waals surface area contributed by atoms with Gasteiger partial charge in [0.15, 0.2) is 5.96 Å². The SMILES string of the molecule is NC(N)=NCCC[C@H](NC(=O)c1sccc1NS(=O)(=O)c1cc(-c2cccc(Cc3ccn[nH]3)c2)cc2c1OCC2)C(=O)O. The first-order valence-corrected chi connectivity index (χ1v) is 16.0. The number of nitrogens with two attached hydrogens (primary N) is 2. The van der Waals surface area contributed by atoms with Crippen LogP contribution in [0.2, 0.25) is 0 Å². The van der Waals surface area contributed by atoms with Crippen molar-refractivity contribution in [2.24, 2.45) is 16.5 Å². The molecule has 4 aromatic rings. The van der Waals surface area contributed by atoms with Gasteiger partial charge in [0.2, 0.25) is 0 Å². The number of amides is 1. The number of benzene rings is 2. The molecule has 44 heavy (non-hydrogen) atoms. The van der Waals surface area contributed by atoms with Crippen LogP contribution in [0.3, 0.4) is 0 Å². The van der Waals surface area contributed by atoms with E-state index in [-0.39, 0.29) is 40.1 Å². The van der Waals surface area contributed by atoms with E-state index in [1.54, 1.807) is 17.6 Å². The number of guanidine groups is 1. The molecule has 15 heteroatoms. The van der Waals surface area contributed by atoms with Crippen molar-refractivity contribution in [1.82, 2.24) is 15.5 Å². The van der Waals surface area contributed by atoms with Crippen LogP contribution in [-0.4, -0.2) is 60.8 Å². The Labute approximate surface area is 257 Å². The van der Waals surface area contributed by atoms with E-state index in [9.17, 15) is 23.1 Å². The highest BCUT2D eigenvalue weighted by Gasteiger charge is 2.29. The number of H-pyrrole nitrogens is 1. The number of rotatable bonds is 13. The number of aromatic nitrogens is 2. The molecule has 5 rings (SSSR count). The monoisotopic (exact) mass is 637 g/mol. The maximum atomic E-state index is 13.8. The van der Waals surface area contributed by atoms with Gasteiger partial charge in [-0.05, 0) is 64.7 Å². The number of sulfonamides is 1. The van der Waals surface area contributed by atoms with Crippen molar-refractivity contribution in [1.29, 1.82) is 0 Å². The summed E-state index contributed by atoms with van der Waals surface area (Å²) in [6, 6.07) is 13.4. The summed E-state index contributed by atoms with van der Waals surface area (Å²) < 4.78 is 35.9. The second-order valence-electron chi connectivity index (χ2n) is 10.1. The van der Waals surface area contributed by atoms with E-state index in [1.165, 1.54) is 6.07 Å². The largest absolute Gasteiger partial charge is 0.492 e. The van der Waals surface area contributed by atoms with Crippen molar-refractivity contribution in [3.05, 3.63) is 81.8 Å². The lowest BCUT2D eigenvalue weighted by molar-refractivity contribution is -0.139. The lowest BCUT2D eigenvalue weighted by Crippen LogP contribution is -2.40. The first kappa shape index (κ1) is 30.6. The number of carboxylic acid groups (broad SMARTS) is 1. The minimum atomic E-state index is -4.23. The average molecular weight is 638 g/mol. The Hall–Kier alpha value is -4.89. The number of carbonyl (C=O) groups is 2. The summed E-state index contributed by atoms with van der Waals surface area (Å²) in [6.07, 6.45) is 3.26. The van der Waals surface area contributed by atoms with Crippen molar-refractivity contribution in [2.75, 3.05) is 17.9 Å². The third-order valence-electron chi connectivity index (χ3n) is 6.92. The van der Waals surface area contributed by atoms with E-state index in [0.29, 0.717) is 31.4 Å². The Morgan fingerprint density at radius 3 is 2.75 bits per heavy atom. The number of aliphatic carboxylic acids is 1. The molecule has 2 aromatic carbocycles. The summed E-state index contributed by atoms with van der Waals surface area (Å²) >= 11 is 0.983. The van der Waals surface area contributed by atoms with Crippen molar-refractivity contribution >= 4 is 44.9 Å². The molecule has 0 spiro atoms. The number of hydrogen-bond acceptors (Lipinski definition) is 8. The Balaban J connectivity index is 1.38. The number of nitrogens with zero attached hydrogens (tertiary/aromatic N) is 2. The van der Waals surface area contributed by atoms with Crippen LogP contribution in [0, 0.1) is 0 Å². The molecule has 1 aliphatic heterocycles. The molecular formula is C29H31N7O6S2. The molecule has 13 nitrogen and oxygen atoms in total. The van der Waals surface area contributed by atoms with Crippen LogP contribution in [0.25, 0.3) is 11.1 Å². The van der Waals surface area contributed by atoms with Gasteiger partial charge >= 0.3 is 5.97 Å². The molecule has 2 aromatic heterocycles. The topological polar surface area (TPSA) is 215 Å². The highest BCUT2D eigenvalue weighted by atomic mass is 32.2. The van der Waals surface area contributed by atoms with Crippen molar-refractivity contribution < 1.29 is 27.9 Å². The zero-order valence-corrected chi connectivity index (χ0v) is 25.1. The number of fused-ring (bicyclic) bond motifs is 1. The molecule has 0 radical (unpaired) electrons. The van der Waals surface area contributed by atoms with Gasteiger partial charge in [-0.2, -0.15) is 5.10 Å². The van der Waals surface area contributed by atoms with Crippen LogP contribution in [-0.2, 0) is 27.7 Å². The first-order chi connectivity index (χ1) is 21.1. The summed E-state index contributed by atoms with van der Waals surface area (Å²) in [5.41, 5.74) is 14.9. The number of carboxylic acids is 1. The van der Waals surface area contributed by atoms with Crippen LogP contribution in [0.15, 0.2) is 70.0 Å². The predicted octanol–water partition coefficient (Wildman–Crippen LogP) is 2.70. The zero-order valence-electron chi connectivity index (χ0n) is 23.4. The Morgan fingerprint density at radius 2 is 2.00 bits per heavy atom. The van der Waals surface area contributed by atoms with Crippen LogP contribution in [0.1, 0.15) is 39.3 Å². The molecule has 230 valence electrons. The fourth-order valence-electron chi connectivity index (χ4n) is 4.85. The maximum Gasteiger partial charge on any atom is 0.326 e. The quantitative estimate of drug-likeness (QED) is 0.0721. The lowest BCUT2D eigenvalue weighted by Gasteiger charge is -2.16. The standard InChI is InChI=1S/C29H31N7O6S2/c30-29(31)32-9-2-5-23(28(38)39)34-27(37)26-22(8-12-43-26)36-44(40,41)24-16-20(15-19-7-11-42-25(19)24)18-4-1-3-17(13-18)14-21-6-10-33-35-21/h1,3-4,6,8,10,12-13,15-16,23,36H,2,5,7,9,11,14H2,(H,33,35)(H,34,37)(H,38,39)(H4,30,31,32)/t23-/m0/s1. The van der Waals surface area contributed by atoms with Gasteiger partial charge in [0.05, 0.1) is 12.3 Å². The number of ether oxygens (including phenoxy) is 1. The van der Waals surface area contributed by atoms with Gasteiger partial charge in [-0.15, -0.1) is 11.3 Å². The summed E-state index contributed by atoms with van der Waals surface area (Å²) in [4.78, 5) is 28.6. The van der Waals surface area contributed by atoms with E-state index in [1.807, 2.05) is 36.4 Å². The lowest BCUT2D eigenvalue weighted by atomic mass is 9.99. The minimum absolute atomic E-state index is 0.0178. The number of nitrogens with one attached hydrogen (secondary N) is 3.